The summed E-state index contributed by atoms with van der Waals surface area (Å²) in [7, 11) is 0. The molecule has 3 rings (SSSR count). The van der Waals surface area contributed by atoms with E-state index in [1.54, 1.807) is 6.20 Å². The topological polar surface area (TPSA) is 22.1 Å². The van der Waals surface area contributed by atoms with Gasteiger partial charge in [-0.05, 0) is 29.8 Å². The van der Waals surface area contributed by atoms with Crippen LogP contribution < -0.4 is 4.74 Å². The van der Waals surface area contributed by atoms with Crippen molar-refractivity contribution in [2.45, 2.75) is 5.88 Å². The molecule has 4 heteroatoms. The van der Waals surface area contributed by atoms with Crippen molar-refractivity contribution in [3.8, 4) is 11.5 Å². The second-order valence-corrected chi connectivity index (χ2v) is 5.47. The summed E-state index contributed by atoms with van der Waals surface area (Å²) in [4.78, 5) is 4.38. The first kappa shape index (κ1) is 13.4. The molecule has 0 unspecified atom stereocenters. The fourth-order valence-corrected chi connectivity index (χ4v) is 2.84. The first-order valence-electron chi connectivity index (χ1n) is 6.13. The molecular formula is C16H11BrClNO. The Bertz CT molecular complexity index is 760. The molecule has 0 N–H and O–H groups in total. The first-order valence-corrected chi connectivity index (χ1v) is 7.46. The molecule has 0 amide bonds. The van der Waals surface area contributed by atoms with Crippen molar-refractivity contribution in [2.75, 3.05) is 0 Å². The maximum absolute atomic E-state index is 5.83. The molecule has 0 saturated carbocycles. The molecule has 100 valence electrons. The van der Waals surface area contributed by atoms with Crippen LogP contribution in [0.5, 0.6) is 11.5 Å². The molecule has 1 aromatic heterocycles. The summed E-state index contributed by atoms with van der Waals surface area (Å²) in [5.41, 5.74) is 1.99. The highest BCUT2D eigenvalue weighted by Crippen LogP contribution is 2.28. The summed E-state index contributed by atoms with van der Waals surface area (Å²) >= 11 is 9.31. The number of ether oxygens (including phenoxy) is 1. The van der Waals surface area contributed by atoms with Crippen LogP contribution in [0.1, 0.15) is 5.56 Å². The number of hydrogen-bond donors (Lipinski definition) is 0. The van der Waals surface area contributed by atoms with Crippen LogP contribution in [-0.4, -0.2) is 4.98 Å². The van der Waals surface area contributed by atoms with Crippen LogP contribution in [0.3, 0.4) is 0 Å². The Hall–Kier alpha value is -1.58. The number of fused-ring (bicyclic) bond motifs is 1. The van der Waals surface area contributed by atoms with Crippen LogP contribution in [0, 0.1) is 0 Å². The van der Waals surface area contributed by atoms with Gasteiger partial charge in [0, 0.05) is 15.7 Å². The van der Waals surface area contributed by atoms with Crippen LogP contribution in [0.4, 0.5) is 0 Å². The van der Waals surface area contributed by atoms with Crippen molar-refractivity contribution in [3.05, 3.63) is 64.8 Å². The van der Waals surface area contributed by atoms with Gasteiger partial charge in [-0.3, -0.25) is 4.98 Å². The second-order valence-electron chi connectivity index (χ2n) is 4.35. The maximum Gasteiger partial charge on any atom is 0.146 e. The molecule has 0 spiro atoms. The van der Waals surface area contributed by atoms with E-state index in [4.69, 9.17) is 16.3 Å². The van der Waals surface area contributed by atoms with Gasteiger partial charge in [0.05, 0.1) is 11.7 Å². The highest BCUT2D eigenvalue weighted by Gasteiger charge is 2.04. The van der Waals surface area contributed by atoms with Gasteiger partial charge >= 0.3 is 0 Å². The van der Waals surface area contributed by atoms with Gasteiger partial charge < -0.3 is 4.74 Å². The van der Waals surface area contributed by atoms with Crippen LogP contribution in [0.2, 0.25) is 0 Å². The predicted octanol–water partition coefficient (Wildman–Crippen LogP) is 5.53. The van der Waals surface area contributed by atoms with Crippen LogP contribution in [0.15, 0.2) is 59.2 Å². The van der Waals surface area contributed by atoms with Gasteiger partial charge in [-0.25, -0.2) is 0 Å². The first-order chi connectivity index (χ1) is 9.76. The largest absolute Gasteiger partial charge is 0.456 e. The molecule has 0 aliphatic carbocycles. The normalized spacial score (nSPS) is 10.7. The van der Waals surface area contributed by atoms with E-state index in [-0.39, 0.29) is 0 Å². The summed E-state index contributed by atoms with van der Waals surface area (Å²) in [6.07, 6.45) is 1.73. The molecule has 1 heterocycles. The van der Waals surface area contributed by atoms with Gasteiger partial charge in [-0.1, -0.05) is 40.2 Å². The predicted molar refractivity (Wildman–Crippen MR) is 85.5 cm³/mol. The molecule has 3 aromatic rings. The minimum atomic E-state index is 0.471. The number of para-hydroxylation sites is 1. The molecule has 0 fully saturated rings. The molecule has 0 aliphatic rings. The van der Waals surface area contributed by atoms with Crippen molar-refractivity contribution in [2.24, 2.45) is 0 Å². The van der Waals surface area contributed by atoms with E-state index in [0.29, 0.717) is 11.6 Å². The monoisotopic (exact) mass is 347 g/mol. The van der Waals surface area contributed by atoms with Crippen LogP contribution in [0.25, 0.3) is 10.9 Å². The summed E-state index contributed by atoms with van der Waals surface area (Å²) in [5.74, 6) is 1.94. The lowest BCUT2D eigenvalue weighted by molar-refractivity contribution is 0.481. The van der Waals surface area contributed by atoms with Gasteiger partial charge in [0.1, 0.15) is 11.5 Å². The van der Waals surface area contributed by atoms with Crippen molar-refractivity contribution in [1.29, 1.82) is 0 Å². The standard InChI is InChI=1S/C16H11BrClNO/c17-15-8-13(6-5-12(15)9-18)20-14-7-11-3-1-2-4-16(11)19-10-14/h1-8,10H,9H2. The molecule has 0 atom stereocenters. The number of halogens is 2. The van der Waals surface area contributed by atoms with E-state index in [9.17, 15) is 0 Å². The molecular weight excluding hydrogens is 338 g/mol. The fourth-order valence-electron chi connectivity index (χ4n) is 1.94. The molecule has 0 saturated heterocycles. The average molecular weight is 349 g/mol. The van der Waals surface area contributed by atoms with Gasteiger partial charge in [0.15, 0.2) is 0 Å². The maximum atomic E-state index is 5.83. The van der Waals surface area contributed by atoms with Crippen molar-refractivity contribution in [1.82, 2.24) is 4.98 Å². The zero-order valence-corrected chi connectivity index (χ0v) is 12.9. The number of alkyl halides is 1. The zero-order valence-electron chi connectivity index (χ0n) is 10.5. The summed E-state index contributed by atoms with van der Waals surface area (Å²) in [5, 5.41) is 1.06. The quantitative estimate of drug-likeness (QED) is 0.581. The minimum absolute atomic E-state index is 0.471. The molecule has 0 bridgehead atoms. The Morgan fingerprint density at radius 2 is 1.90 bits per heavy atom. The molecule has 2 aromatic carbocycles. The van der Waals surface area contributed by atoms with E-state index in [1.165, 1.54) is 0 Å². The van der Waals surface area contributed by atoms with Crippen molar-refractivity contribution >= 4 is 38.4 Å². The Labute approximate surface area is 130 Å². The van der Waals surface area contributed by atoms with E-state index >= 15 is 0 Å². The van der Waals surface area contributed by atoms with Gasteiger partial charge in [0.2, 0.25) is 0 Å². The van der Waals surface area contributed by atoms with E-state index in [1.807, 2.05) is 48.5 Å². The number of hydrogen-bond acceptors (Lipinski definition) is 2. The molecule has 0 radical (unpaired) electrons. The lowest BCUT2D eigenvalue weighted by Gasteiger charge is -2.08. The Morgan fingerprint density at radius 3 is 2.70 bits per heavy atom. The lowest BCUT2D eigenvalue weighted by Crippen LogP contribution is -1.88. The highest BCUT2D eigenvalue weighted by atomic mass is 79.9. The molecule has 0 aliphatic heterocycles. The SMILES string of the molecule is ClCc1ccc(Oc2cnc3ccccc3c2)cc1Br. The zero-order chi connectivity index (χ0) is 13.9. The van der Waals surface area contributed by atoms with E-state index < -0.39 is 0 Å². The highest BCUT2D eigenvalue weighted by molar-refractivity contribution is 9.10. The molecule has 20 heavy (non-hydrogen) atoms. The van der Waals surface area contributed by atoms with Gasteiger partial charge in [-0.2, -0.15) is 0 Å². The fraction of sp³-hybridized carbons (Fsp3) is 0.0625. The van der Waals surface area contributed by atoms with E-state index in [2.05, 4.69) is 20.9 Å². The third-order valence-corrected chi connectivity index (χ3v) is 4.00. The lowest BCUT2D eigenvalue weighted by atomic mass is 10.2. The third kappa shape index (κ3) is 2.79. The Morgan fingerprint density at radius 1 is 1.05 bits per heavy atom. The third-order valence-electron chi connectivity index (χ3n) is 2.97. The average Bonchev–Trinajstić information content (AvgIpc) is 2.47. The van der Waals surface area contributed by atoms with Crippen molar-refractivity contribution < 1.29 is 4.74 Å². The second kappa shape index (κ2) is 5.81. The van der Waals surface area contributed by atoms with Gasteiger partial charge in [0.25, 0.3) is 0 Å². The van der Waals surface area contributed by atoms with Gasteiger partial charge in [-0.15, -0.1) is 11.6 Å². The van der Waals surface area contributed by atoms with Crippen molar-refractivity contribution in [3.63, 3.8) is 0 Å². The summed E-state index contributed by atoms with van der Waals surface area (Å²) in [6.45, 7) is 0. The number of rotatable bonds is 3. The number of aromatic nitrogens is 1. The number of benzene rings is 2. The van der Waals surface area contributed by atoms with Crippen LogP contribution in [-0.2, 0) is 5.88 Å². The number of pyridine rings is 1. The summed E-state index contributed by atoms with van der Waals surface area (Å²) in [6, 6.07) is 15.7. The Balaban J connectivity index is 1.90. The summed E-state index contributed by atoms with van der Waals surface area (Å²) < 4.78 is 6.77. The molecule has 2 nitrogen and oxygen atoms in total. The van der Waals surface area contributed by atoms with Crippen LogP contribution >= 0.6 is 27.5 Å². The Kier molecular flexibility index (Phi) is 3.90. The minimum Gasteiger partial charge on any atom is -0.456 e. The number of nitrogens with zero attached hydrogens (tertiary/aromatic N) is 1. The smallest absolute Gasteiger partial charge is 0.146 e. The van der Waals surface area contributed by atoms with E-state index in [0.717, 1.165) is 26.7 Å².